The maximum atomic E-state index is 12.5. The molecule has 0 aliphatic heterocycles. The van der Waals surface area contributed by atoms with Gasteiger partial charge in [0.25, 0.3) is 0 Å². The van der Waals surface area contributed by atoms with Gasteiger partial charge in [-0.2, -0.15) is 0 Å². The van der Waals surface area contributed by atoms with Gasteiger partial charge in [-0.15, -0.1) is 0 Å². The third-order valence-corrected chi connectivity index (χ3v) is 4.25. The Balaban J connectivity index is 2.75. The maximum absolute atomic E-state index is 12.5. The first-order valence-electron chi connectivity index (χ1n) is 7.19. The molecule has 0 radical (unpaired) electrons. The van der Waals surface area contributed by atoms with E-state index in [1.54, 1.807) is 0 Å². The van der Waals surface area contributed by atoms with Gasteiger partial charge in [0.2, 0.25) is 0 Å². The van der Waals surface area contributed by atoms with Gasteiger partial charge in [0.15, 0.2) is 5.78 Å². The highest BCUT2D eigenvalue weighted by molar-refractivity contribution is 5.89. The van der Waals surface area contributed by atoms with Crippen molar-refractivity contribution in [3.8, 4) is 0 Å². The summed E-state index contributed by atoms with van der Waals surface area (Å²) >= 11 is 0. The second-order valence-electron chi connectivity index (χ2n) is 6.30. The fourth-order valence-electron chi connectivity index (χ4n) is 2.62. The summed E-state index contributed by atoms with van der Waals surface area (Å²) < 4.78 is 5.88. The lowest BCUT2D eigenvalue weighted by molar-refractivity contribution is -0.151. The minimum atomic E-state index is -0.525. The minimum Gasteiger partial charge on any atom is -0.367 e. The Hall–Kier alpha value is -0.630. The summed E-state index contributed by atoms with van der Waals surface area (Å²) in [6.45, 7) is 13.1. The summed E-state index contributed by atoms with van der Waals surface area (Å²) in [6, 6.07) is 0. The number of hydrogen-bond donors (Lipinski definition) is 0. The van der Waals surface area contributed by atoms with Crippen LogP contribution in [0.15, 0.2) is 12.2 Å². The molecule has 18 heavy (non-hydrogen) atoms. The SMILES string of the molecule is C=C(CC)CC(=O)C1(OCC)CCC(C)(C)CC1. The average Bonchev–Trinajstić information content (AvgIpc) is 2.32. The molecule has 0 saturated heterocycles. The van der Waals surface area contributed by atoms with Gasteiger partial charge in [0.1, 0.15) is 5.60 Å². The summed E-state index contributed by atoms with van der Waals surface area (Å²) in [5.74, 6) is 0.242. The molecule has 0 aromatic carbocycles. The zero-order valence-electron chi connectivity index (χ0n) is 12.5. The highest BCUT2D eigenvalue weighted by Gasteiger charge is 2.44. The standard InChI is InChI=1S/C16H28O2/c1-6-13(3)12-14(17)16(18-7-2)10-8-15(4,5)9-11-16/h3,6-12H2,1-2,4-5H3. The van der Waals surface area contributed by atoms with E-state index in [-0.39, 0.29) is 5.78 Å². The first kappa shape index (κ1) is 15.4. The second kappa shape index (κ2) is 6.01. The van der Waals surface area contributed by atoms with Gasteiger partial charge in [-0.25, -0.2) is 0 Å². The van der Waals surface area contributed by atoms with Crippen LogP contribution in [0.2, 0.25) is 0 Å². The molecule has 1 fully saturated rings. The van der Waals surface area contributed by atoms with Crippen LogP contribution in [0.4, 0.5) is 0 Å². The van der Waals surface area contributed by atoms with Crippen LogP contribution in [0.25, 0.3) is 0 Å². The van der Waals surface area contributed by atoms with E-state index in [0.717, 1.165) is 37.7 Å². The number of ether oxygens (including phenoxy) is 1. The summed E-state index contributed by atoms with van der Waals surface area (Å²) in [5.41, 5.74) is 0.842. The molecule has 0 bridgehead atoms. The predicted molar refractivity (Wildman–Crippen MR) is 75.7 cm³/mol. The molecular formula is C16H28O2. The lowest BCUT2D eigenvalue weighted by atomic mass is 9.69. The molecular weight excluding hydrogens is 224 g/mol. The molecule has 2 nitrogen and oxygen atoms in total. The number of rotatable bonds is 6. The van der Waals surface area contributed by atoms with Gasteiger partial charge in [-0.3, -0.25) is 4.79 Å². The van der Waals surface area contributed by atoms with Crippen molar-refractivity contribution in [1.29, 1.82) is 0 Å². The van der Waals surface area contributed by atoms with Crippen LogP contribution in [0.5, 0.6) is 0 Å². The van der Waals surface area contributed by atoms with Crippen molar-refractivity contribution < 1.29 is 9.53 Å². The van der Waals surface area contributed by atoms with E-state index >= 15 is 0 Å². The molecule has 0 atom stereocenters. The number of allylic oxidation sites excluding steroid dienone is 1. The summed E-state index contributed by atoms with van der Waals surface area (Å²) in [6.07, 6.45) is 5.22. The van der Waals surface area contributed by atoms with Crippen molar-refractivity contribution in [2.24, 2.45) is 5.41 Å². The average molecular weight is 252 g/mol. The lowest BCUT2D eigenvalue weighted by Gasteiger charge is -2.42. The molecule has 0 spiro atoms. The fraction of sp³-hybridized carbons (Fsp3) is 0.812. The zero-order valence-corrected chi connectivity index (χ0v) is 12.5. The molecule has 0 heterocycles. The number of Topliss-reactive ketones (excluding diaryl/α,β-unsaturated/α-hetero) is 1. The van der Waals surface area contributed by atoms with Crippen molar-refractivity contribution in [1.82, 2.24) is 0 Å². The molecule has 1 rings (SSSR count). The third-order valence-electron chi connectivity index (χ3n) is 4.25. The molecule has 0 unspecified atom stereocenters. The molecule has 1 saturated carbocycles. The van der Waals surface area contributed by atoms with Crippen LogP contribution >= 0.6 is 0 Å². The van der Waals surface area contributed by atoms with Crippen molar-refractivity contribution in [2.45, 2.75) is 71.8 Å². The highest BCUT2D eigenvalue weighted by atomic mass is 16.5. The van der Waals surface area contributed by atoms with Gasteiger partial charge in [-0.05, 0) is 44.4 Å². The third kappa shape index (κ3) is 3.68. The number of hydrogen-bond acceptors (Lipinski definition) is 2. The summed E-state index contributed by atoms with van der Waals surface area (Å²) in [4.78, 5) is 12.5. The highest BCUT2D eigenvalue weighted by Crippen LogP contribution is 2.43. The Labute approximate surface area is 112 Å². The lowest BCUT2D eigenvalue weighted by Crippen LogP contribution is -2.46. The van der Waals surface area contributed by atoms with E-state index in [4.69, 9.17) is 4.74 Å². The smallest absolute Gasteiger partial charge is 0.168 e. The summed E-state index contributed by atoms with van der Waals surface area (Å²) in [5, 5.41) is 0. The van der Waals surface area contributed by atoms with E-state index in [9.17, 15) is 4.79 Å². The molecule has 104 valence electrons. The molecule has 0 N–H and O–H groups in total. The van der Waals surface area contributed by atoms with Gasteiger partial charge < -0.3 is 4.74 Å². The molecule has 0 aromatic heterocycles. The minimum absolute atomic E-state index is 0.242. The van der Waals surface area contributed by atoms with Crippen LogP contribution in [-0.2, 0) is 9.53 Å². The normalized spacial score (nSPS) is 21.6. The van der Waals surface area contributed by atoms with Crippen LogP contribution in [0, 0.1) is 5.41 Å². The van der Waals surface area contributed by atoms with E-state index in [1.165, 1.54) is 0 Å². The fourth-order valence-corrected chi connectivity index (χ4v) is 2.62. The van der Waals surface area contributed by atoms with Gasteiger partial charge >= 0.3 is 0 Å². The Morgan fingerprint density at radius 2 is 1.72 bits per heavy atom. The molecule has 0 aromatic rings. The topological polar surface area (TPSA) is 26.3 Å². The van der Waals surface area contributed by atoms with Crippen molar-refractivity contribution >= 4 is 5.78 Å². The molecule has 2 heteroatoms. The first-order chi connectivity index (χ1) is 8.35. The van der Waals surface area contributed by atoms with E-state index in [2.05, 4.69) is 20.4 Å². The van der Waals surface area contributed by atoms with Gasteiger partial charge in [0.05, 0.1) is 0 Å². The largest absolute Gasteiger partial charge is 0.367 e. The first-order valence-corrected chi connectivity index (χ1v) is 7.19. The molecule has 1 aliphatic carbocycles. The quantitative estimate of drug-likeness (QED) is 0.659. The number of carbonyl (C=O) groups excluding carboxylic acids is 1. The van der Waals surface area contributed by atoms with Crippen LogP contribution < -0.4 is 0 Å². The Morgan fingerprint density at radius 1 is 1.17 bits per heavy atom. The predicted octanol–water partition coefficient (Wildman–Crippen LogP) is 4.29. The Kier molecular flexibility index (Phi) is 5.15. The maximum Gasteiger partial charge on any atom is 0.168 e. The van der Waals surface area contributed by atoms with Gasteiger partial charge in [0, 0.05) is 13.0 Å². The van der Waals surface area contributed by atoms with Gasteiger partial charge in [-0.1, -0.05) is 32.9 Å². The van der Waals surface area contributed by atoms with Crippen LogP contribution in [-0.4, -0.2) is 18.0 Å². The second-order valence-corrected chi connectivity index (χ2v) is 6.30. The van der Waals surface area contributed by atoms with Crippen molar-refractivity contribution in [3.05, 3.63) is 12.2 Å². The zero-order chi connectivity index (χ0) is 13.8. The van der Waals surface area contributed by atoms with Crippen molar-refractivity contribution in [2.75, 3.05) is 6.61 Å². The molecule has 1 aliphatic rings. The van der Waals surface area contributed by atoms with E-state index in [1.807, 2.05) is 13.8 Å². The number of carbonyl (C=O) groups is 1. The Bertz CT molecular complexity index is 305. The van der Waals surface area contributed by atoms with E-state index < -0.39 is 5.60 Å². The van der Waals surface area contributed by atoms with E-state index in [0.29, 0.717) is 18.4 Å². The Morgan fingerprint density at radius 3 is 2.17 bits per heavy atom. The summed E-state index contributed by atoms with van der Waals surface area (Å²) in [7, 11) is 0. The number of ketones is 1. The monoisotopic (exact) mass is 252 g/mol. The van der Waals surface area contributed by atoms with Crippen LogP contribution in [0.3, 0.4) is 0 Å². The van der Waals surface area contributed by atoms with Crippen LogP contribution in [0.1, 0.15) is 66.2 Å². The van der Waals surface area contributed by atoms with Crippen molar-refractivity contribution in [3.63, 3.8) is 0 Å². The molecule has 0 amide bonds.